The average Bonchev–Trinajstić information content (AvgIpc) is 3.66. The largest absolute Gasteiger partial charge is 0.493 e. The van der Waals surface area contributed by atoms with E-state index in [2.05, 4.69) is 25.0 Å². The van der Waals surface area contributed by atoms with Crippen LogP contribution in [0.3, 0.4) is 0 Å². The highest BCUT2D eigenvalue weighted by Crippen LogP contribution is 2.40. The summed E-state index contributed by atoms with van der Waals surface area (Å²) in [5.74, 6) is 0.579. The number of methoxy groups -OCH3 is 1. The van der Waals surface area contributed by atoms with Crippen LogP contribution in [0.2, 0.25) is 0 Å². The van der Waals surface area contributed by atoms with Crippen LogP contribution in [0.5, 0.6) is 5.75 Å². The molecule has 2 aliphatic heterocycles. The van der Waals surface area contributed by atoms with Gasteiger partial charge in [0.1, 0.15) is 33.9 Å². The fraction of sp³-hybridized carbons (Fsp3) is 0.462. The van der Waals surface area contributed by atoms with Gasteiger partial charge in [0.2, 0.25) is 0 Å². The third-order valence-corrected chi connectivity index (χ3v) is 9.35. The van der Waals surface area contributed by atoms with Gasteiger partial charge in [-0.05, 0) is 89.3 Å². The van der Waals surface area contributed by atoms with E-state index in [1.807, 2.05) is 44.4 Å². The Morgan fingerprint density at radius 2 is 1.92 bits per heavy atom. The van der Waals surface area contributed by atoms with Crippen molar-refractivity contribution in [1.29, 1.82) is 0 Å². The van der Waals surface area contributed by atoms with Crippen molar-refractivity contribution in [2.24, 2.45) is 4.99 Å². The summed E-state index contributed by atoms with van der Waals surface area (Å²) in [6.45, 7) is 19.7. The molecule has 0 amide bonds. The zero-order chi connectivity index (χ0) is 36.2. The third-order valence-electron chi connectivity index (χ3n) is 9.00. The number of fused-ring (bicyclic) bond motifs is 1. The van der Waals surface area contributed by atoms with Crippen LogP contribution >= 0.6 is 11.6 Å². The van der Waals surface area contributed by atoms with Gasteiger partial charge in [0.25, 0.3) is 0 Å². The Hall–Kier alpha value is -3.99. The van der Waals surface area contributed by atoms with Crippen LogP contribution in [-0.2, 0) is 25.4 Å². The number of rotatable bonds is 14. The standard InChI is InChI=1S/C39H48ClFN4O5/c1-9-11-19-48-31-13-12-28(41)22-26(31)21-27-23-29(43-35(27)40)30-24-45-32(42-30)20-25(3)33(34(37(46)47-8)50-38(4,5)6)36(45)44-16-14-39(7,15-17-44)49-18-10-2/h9-10,12-13,20,22,24,34H,1-2,11,14-19,21,23H2,3-8H3/t34-/m0/s1. The van der Waals surface area contributed by atoms with Crippen LogP contribution in [0, 0.1) is 12.7 Å². The number of hydrogen-bond acceptors (Lipinski definition) is 8. The van der Waals surface area contributed by atoms with E-state index in [1.165, 1.54) is 19.2 Å². The van der Waals surface area contributed by atoms with E-state index in [1.54, 1.807) is 18.2 Å². The summed E-state index contributed by atoms with van der Waals surface area (Å²) in [6, 6.07) is 6.46. The number of imidazole rings is 1. The van der Waals surface area contributed by atoms with E-state index < -0.39 is 17.7 Å². The van der Waals surface area contributed by atoms with Gasteiger partial charge in [0, 0.05) is 43.3 Å². The van der Waals surface area contributed by atoms with E-state index in [-0.39, 0.29) is 11.4 Å². The van der Waals surface area contributed by atoms with Gasteiger partial charge in [-0.1, -0.05) is 23.8 Å². The van der Waals surface area contributed by atoms with Crippen LogP contribution < -0.4 is 9.64 Å². The number of piperidine rings is 1. The first-order valence-corrected chi connectivity index (χ1v) is 17.4. The van der Waals surface area contributed by atoms with Gasteiger partial charge in [-0.2, -0.15) is 0 Å². The lowest BCUT2D eigenvalue weighted by Gasteiger charge is -2.41. The Morgan fingerprint density at radius 1 is 1.18 bits per heavy atom. The number of halogens is 2. The molecule has 1 atom stereocenters. The summed E-state index contributed by atoms with van der Waals surface area (Å²) in [4.78, 5) is 25.4. The minimum atomic E-state index is -0.976. The number of ether oxygens (including phenoxy) is 4. The van der Waals surface area contributed by atoms with Crippen LogP contribution in [0.4, 0.5) is 10.2 Å². The predicted molar refractivity (Wildman–Crippen MR) is 196 cm³/mol. The molecule has 1 saturated heterocycles. The number of hydrogen-bond donors (Lipinski definition) is 0. The first kappa shape index (κ1) is 37.3. The molecule has 9 nitrogen and oxygen atoms in total. The topological polar surface area (TPSA) is 86.9 Å². The summed E-state index contributed by atoms with van der Waals surface area (Å²) in [5.41, 5.74) is 4.22. The van der Waals surface area contributed by atoms with Gasteiger partial charge in [0.05, 0.1) is 37.2 Å². The zero-order valence-corrected chi connectivity index (χ0v) is 30.7. The van der Waals surface area contributed by atoms with Crippen molar-refractivity contribution >= 4 is 34.7 Å². The summed E-state index contributed by atoms with van der Waals surface area (Å²) in [7, 11) is 1.38. The number of anilines is 1. The molecule has 0 bridgehead atoms. The fourth-order valence-electron chi connectivity index (χ4n) is 6.42. The van der Waals surface area contributed by atoms with Gasteiger partial charge in [-0.15, -0.1) is 13.2 Å². The van der Waals surface area contributed by atoms with E-state index in [9.17, 15) is 9.18 Å². The number of aromatic nitrogens is 2. The van der Waals surface area contributed by atoms with Crippen LogP contribution in [0.1, 0.15) is 81.9 Å². The van der Waals surface area contributed by atoms with Crippen molar-refractivity contribution in [3.8, 4) is 5.75 Å². The number of carbonyl (C=O) groups is 1. The fourth-order valence-corrected chi connectivity index (χ4v) is 6.65. The van der Waals surface area contributed by atoms with E-state index in [0.717, 1.165) is 35.4 Å². The molecule has 0 spiro atoms. The Labute approximate surface area is 299 Å². The normalized spacial score (nSPS) is 16.8. The summed E-state index contributed by atoms with van der Waals surface area (Å²) in [6.07, 6.45) is 7.55. The maximum atomic E-state index is 14.3. The molecule has 5 rings (SSSR count). The lowest BCUT2D eigenvalue weighted by atomic mass is 9.92. The number of pyridine rings is 1. The number of aryl methyl sites for hydroxylation is 1. The second-order valence-electron chi connectivity index (χ2n) is 14.1. The number of benzene rings is 1. The molecule has 1 aromatic carbocycles. The SMILES string of the molecule is C=CCCOc1ccc(F)cc1CC1=C(Cl)N=C(c2cn3c(N4CCC(C)(OCC=C)CC4)c([C@H](OC(C)(C)C)C(=O)OC)c(C)cc3n2)C1. The van der Waals surface area contributed by atoms with Crippen molar-refractivity contribution in [2.75, 3.05) is 38.3 Å². The third kappa shape index (κ3) is 8.48. The monoisotopic (exact) mass is 706 g/mol. The Balaban J connectivity index is 1.52. The molecule has 2 aliphatic rings. The Kier molecular flexibility index (Phi) is 11.5. The van der Waals surface area contributed by atoms with Gasteiger partial charge in [-0.25, -0.2) is 19.2 Å². The molecule has 0 unspecified atom stereocenters. The highest BCUT2D eigenvalue weighted by atomic mass is 35.5. The number of aliphatic imine (C=N–C) groups is 1. The molecule has 0 aliphatic carbocycles. The first-order chi connectivity index (χ1) is 23.8. The average molecular weight is 707 g/mol. The Bertz CT molecular complexity index is 1820. The maximum absolute atomic E-state index is 14.3. The van der Waals surface area contributed by atoms with Crippen molar-refractivity contribution < 1.29 is 28.1 Å². The second kappa shape index (κ2) is 15.5. The molecule has 0 radical (unpaired) electrons. The number of nitrogens with zero attached hydrogens (tertiary/aromatic N) is 4. The molecule has 3 aromatic rings. The maximum Gasteiger partial charge on any atom is 0.339 e. The lowest BCUT2D eigenvalue weighted by molar-refractivity contribution is -0.164. The second-order valence-corrected chi connectivity index (χ2v) is 14.4. The molecular weight excluding hydrogens is 659 g/mol. The van der Waals surface area contributed by atoms with Crippen LogP contribution in [0.15, 0.2) is 71.5 Å². The van der Waals surface area contributed by atoms with E-state index in [0.29, 0.717) is 79.1 Å². The molecular formula is C39H48ClFN4O5. The number of esters is 1. The van der Waals surface area contributed by atoms with Crippen LogP contribution in [-0.4, -0.2) is 65.7 Å². The number of allylic oxidation sites excluding steroid dienone is 1. The highest BCUT2D eigenvalue weighted by molar-refractivity contribution is 6.32. The number of carbonyl (C=O) groups excluding carboxylic acids is 1. The molecule has 50 heavy (non-hydrogen) atoms. The predicted octanol–water partition coefficient (Wildman–Crippen LogP) is 8.21. The molecule has 1 fully saturated rings. The summed E-state index contributed by atoms with van der Waals surface area (Å²) in [5, 5.41) is 0.356. The summed E-state index contributed by atoms with van der Waals surface area (Å²) < 4.78 is 40.1. The Morgan fingerprint density at radius 3 is 2.58 bits per heavy atom. The molecule has 4 heterocycles. The first-order valence-electron chi connectivity index (χ1n) is 17.0. The minimum Gasteiger partial charge on any atom is -0.493 e. The van der Waals surface area contributed by atoms with Gasteiger partial charge in [-0.3, -0.25) is 4.40 Å². The zero-order valence-electron chi connectivity index (χ0n) is 30.0. The van der Waals surface area contributed by atoms with Crippen molar-refractivity contribution in [3.63, 3.8) is 0 Å². The van der Waals surface area contributed by atoms with Gasteiger partial charge in [0.15, 0.2) is 6.10 Å². The molecule has 0 N–H and O–H groups in total. The lowest BCUT2D eigenvalue weighted by Crippen LogP contribution is -2.45. The highest BCUT2D eigenvalue weighted by Gasteiger charge is 2.38. The van der Waals surface area contributed by atoms with Crippen LogP contribution in [0.25, 0.3) is 5.65 Å². The van der Waals surface area contributed by atoms with Gasteiger partial charge >= 0.3 is 5.97 Å². The summed E-state index contributed by atoms with van der Waals surface area (Å²) >= 11 is 6.73. The van der Waals surface area contributed by atoms with E-state index >= 15 is 0 Å². The smallest absolute Gasteiger partial charge is 0.339 e. The van der Waals surface area contributed by atoms with Gasteiger partial charge < -0.3 is 23.8 Å². The van der Waals surface area contributed by atoms with Crippen molar-refractivity contribution in [2.45, 2.75) is 84.0 Å². The molecule has 11 heteroatoms. The van der Waals surface area contributed by atoms with Crippen molar-refractivity contribution in [3.05, 3.63) is 94.7 Å². The molecule has 268 valence electrons. The van der Waals surface area contributed by atoms with E-state index in [4.69, 9.17) is 40.5 Å². The van der Waals surface area contributed by atoms with Crippen molar-refractivity contribution in [1.82, 2.24) is 9.38 Å². The minimum absolute atomic E-state index is 0.298. The molecule has 2 aromatic heterocycles. The quantitative estimate of drug-likeness (QED) is 0.0723. The molecule has 0 saturated carbocycles.